The van der Waals surface area contributed by atoms with Gasteiger partial charge < -0.3 is 5.32 Å². The Morgan fingerprint density at radius 2 is 1.78 bits per heavy atom. The third-order valence-corrected chi connectivity index (χ3v) is 7.31. The average Bonchev–Trinajstić information content (AvgIpc) is 3.06. The van der Waals surface area contributed by atoms with Crippen molar-refractivity contribution < 1.29 is 18.0 Å². The normalized spacial score (nSPS) is 20.6. The van der Waals surface area contributed by atoms with Crippen molar-refractivity contribution in [3.63, 3.8) is 0 Å². The summed E-state index contributed by atoms with van der Waals surface area (Å²) in [5.41, 5.74) is 1.76. The predicted octanol–water partition coefficient (Wildman–Crippen LogP) is 0.550. The number of nitrogens with one attached hydrogen (secondary N) is 1. The van der Waals surface area contributed by atoms with E-state index in [1.54, 1.807) is 26.0 Å². The van der Waals surface area contributed by atoms with Gasteiger partial charge in [-0.1, -0.05) is 17.7 Å². The van der Waals surface area contributed by atoms with Crippen LogP contribution >= 0.6 is 0 Å². The van der Waals surface area contributed by atoms with E-state index in [-0.39, 0.29) is 11.9 Å². The molecule has 2 aliphatic rings. The van der Waals surface area contributed by atoms with Crippen LogP contribution in [0, 0.1) is 13.8 Å². The fourth-order valence-corrected chi connectivity index (χ4v) is 5.25. The molecule has 1 N–H and O–H groups in total. The lowest BCUT2D eigenvalue weighted by Crippen LogP contribution is -2.55. The number of hydrogen-bond acceptors (Lipinski definition) is 5. The van der Waals surface area contributed by atoms with Gasteiger partial charge in [0.15, 0.2) is 0 Å². The van der Waals surface area contributed by atoms with E-state index in [0.717, 1.165) is 11.1 Å². The van der Waals surface area contributed by atoms with Gasteiger partial charge in [-0.05, 0) is 32.4 Å². The fraction of sp³-hybridized carbons (Fsp3) is 0.556. The molecule has 0 bridgehead atoms. The molecule has 1 atom stereocenters. The third kappa shape index (κ3) is 3.85. The van der Waals surface area contributed by atoms with Gasteiger partial charge in [0, 0.05) is 39.3 Å². The van der Waals surface area contributed by atoms with Crippen LogP contribution in [0.2, 0.25) is 0 Å². The number of urea groups is 1. The Hall–Kier alpha value is -1.97. The van der Waals surface area contributed by atoms with E-state index in [1.807, 2.05) is 17.9 Å². The van der Waals surface area contributed by atoms with E-state index in [2.05, 4.69) is 5.32 Å². The molecule has 2 aliphatic heterocycles. The van der Waals surface area contributed by atoms with Crippen LogP contribution in [0.1, 0.15) is 18.1 Å². The largest absolute Gasteiger partial charge is 0.336 e. The smallest absolute Gasteiger partial charge is 0.324 e. The van der Waals surface area contributed by atoms with Crippen LogP contribution in [0.5, 0.6) is 0 Å². The predicted molar refractivity (Wildman–Crippen MR) is 101 cm³/mol. The van der Waals surface area contributed by atoms with E-state index < -0.39 is 16.1 Å². The average molecular weight is 394 g/mol. The number of rotatable bonds is 4. The molecular weight excluding hydrogens is 368 g/mol. The van der Waals surface area contributed by atoms with Crippen molar-refractivity contribution in [2.24, 2.45) is 0 Å². The summed E-state index contributed by atoms with van der Waals surface area (Å²) >= 11 is 0. The Morgan fingerprint density at radius 3 is 2.33 bits per heavy atom. The SMILES string of the molecule is Cc1ccc(S(=O)(=O)N2CCN(C(C)C(=O)N3CCNC3=O)CC2)c(C)c1. The molecule has 9 heteroatoms. The Labute approximate surface area is 160 Å². The summed E-state index contributed by atoms with van der Waals surface area (Å²) in [5.74, 6) is -0.240. The number of aryl methyl sites for hydroxylation is 2. The lowest BCUT2D eigenvalue weighted by molar-refractivity contribution is -0.133. The summed E-state index contributed by atoms with van der Waals surface area (Å²) in [4.78, 5) is 27.7. The van der Waals surface area contributed by atoms with Gasteiger partial charge in [0.25, 0.3) is 0 Å². The Bertz CT molecular complexity index is 847. The zero-order valence-electron chi connectivity index (χ0n) is 15.9. The molecule has 2 heterocycles. The Morgan fingerprint density at radius 1 is 1.11 bits per heavy atom. The molecule has 0 radical (unpaired) electrons. The molecule has 1 unspecified atom stereocenters. The highest BCUT2D eigenvalue weighted by Crippen LogP contribution is 2.22. The van der Waals surface area contributed by atoms with Crippen molar-refractivity contribution in [3.8, 4) is 0 Å². The molecule has 148 valence electrons. The van der Waals surface area contributed by atoms with Gasteiger partial charge in [0.05, 0.1) is 10.9 Å². The molecule has 2 fully saturated rings. The number of benzene rings is 1. The van der Waals surface area contributed by atoms with Crippen molar-refractivity contribution in [1.29, 1.82) is 0 Å². The maximum absolute atomic E-state index is 13.0. The molecular formula is C18H26N4O4S. The van der Waals surface area contributed by atoms with Crippen molar-refractivity contribution in [1.82, 2.24) is 19.4 Å². The molecule has 27 heavy (non-hydrogen) atoms. The van der Waals surface area contributed by atoms with Crippen molar-refractivity contribution >= 4 is 22.0 Å². The highest BCUT2D eigenvalue weighted by molar-refractivity contribution is 7.89. The van der Waals surface area contributed by atoms with Crippen LogP contribution in [0.25, 0.3) is 0 Å². The number of amides is 3. The highest BCUT2D eigenvalue weighted by atomic mass is 32.2. The zero-order chi connectivity index (χ0) is 19.8. The monoisotopic (exact) mass is 394 g/mol. The minimum Gasteiger partial charge on any atom is -0.336 e. The number of sulfonamides is 1. The second kappa shape index (κ2) is 7.57. The van der Waals surface area contributed by atoms with E-state index in [4.69, 9.17) is 0 Å². The number of piperazine rings is 1. The standard InChI is InChI=1S/C18H26N4O4S/c1-13-4-5-16(14(2)12-13)27(25,26)21-10-8-20(9-11-21)15(3)17(23)22-7-6-19-18(22)24/h4-5,12,15H,6-11H2,1-3H3,(H,19,24). The second-order valence-electron chi connectivity index (χ2n) is 7.11. The van der Waals surface area contributed by atoms with Crippen LogP contribution in [0.15, 0.2) is 23.1 Å². The van der Waals surface area contributed by atoms with E-state index in [9.17, 15) is 18.0 Å². The quantitative estimate of drug-likeness (QED) is 0.806. The molecule has 0 aromatic heterocycles. The van der Waals surface area contributed by atoms with E-state index in [1.165, 1.54) is 9.21 Å². The summed E-state index contributed by atoms with van der Waals surface area (Å²) in [6.07, 6.45) is 0. The highest BCUT2D eigenvalue weighted by Gasteiger charge is 2.36. The summed E-state index contributed by atoms with van der Waals surface area (Å²) in [5, 5.41) is 2.62. The van der Waals surface area contributed by atoms with Gasteiger partial charge in [0.2, 0.25) is 15.9 Å². The number of nitrogens with zero attached hydrogens (tertiary/aromatic N) is 3. The van der Waals surface area contributed by atoms with Gasteiger partial charge in [-0.25, -0.2) is 13.2 Å². The number of hydrogen-bond donors (Lipinski definition) is 1. The molecule has 0 aliphatic carbocycles. The molecule has 0 spiro atoms. The van der Waals surface area contributed by atoms with Gasteiger partial charge in [-0.2, -0.15) is 4.31 Å². The van der Waals surface area contributed by atoms with Crippen molar-refractivity contribution in [2.45, 2.75) is 31.7 Å². The minimum atomic E-state index is -3.56. The topological polar surface area (TPSA) is 90.0 Å². The van der Waals surface area contributed by atoms with Crippen molar-refractivity contribution in [2.75, 3.05) is 39.3 Å². The lowest BCUT2D eigenvalue weighted by atomic mass is 10.2. The lowest BCUT2D eigenvalue weighted by Gasteiger charge is -2.37. The summed E-state index contributed by atoms with van der Waals surface area (Å²) < 4.78 is 27.4. The fourth-order valence-electron chi connectivity index (χ4n) is 3.62. The van der Waals surface area contributed by atoms with E-state index in [0.29, 0.717) is 44.2 Å². The van der Waals surface area contributed by atoms with Crippen LogP contribution in [0.4, 0.5) is 4.79 Å². The summed E-state index contributed by atoms with van der Waals surface area (Å²) in [6, 6.07) is 4.51. The molecule has 3 rings (SSSR count). The number of imide groups is 1. The molecule has 2 saturated heterocycles. The van der Waals surface area contributed by atoms with Crippen LogP contribution in [-0.4, -0.2) is 79.8 Å². The first-order valence-electron chi connectivity index (χ1n) is 9.12. The maximum atomic E-state index is 13.0. The summed E-state index contributed by atoms with van der Waals surface area (Å²) in [6.45, 7) is 7.89. The van der Waals surface area contributed by atoms with Gasteiger partial charge in [0.1, 0.15) is 0 Å². The Balaban J connectivity index is 1.66. The van der Waals surface area contributed by atoms with Crippen LogP contribution < -0.4 is 5.32 Å². The minimum absolute atomic E-state index is 0.240. The van der Waals surface area contributed by atoms with Crippen LogP contribution in [0.3, 0.4) is 0 Å². The maximum Gasteiger partial charge on any atom is 0.324 e. The van der Waals surface area contributed by atoms with Crippen molar-refractivity contribution in [3.05, 3.63) is 29.3 Å². The van der Waals surface area contributed by atoms with Gasteiger partial charge in [-0.15, -0.1) is 0 Å². The first kappa shape index (κ1) is 19.8. The zero-order valence-corrected chi connectivity index (χ0v) is 16.8. The summed E-state index contributed by atoms with van der Waals surface area (Å²) in [7, 11) is -3.56. The molecule has 1 aromatic carbocycles. The molecule has 1 aromatic rings. The second-order valence-corrected chi connectivity index (χ2v) is 9.01. The number of carbonyl (C=O) groups is 2. The van der Waals surface area contributed by atoms with E-state index >= 15 is 0 Å². The Kier molecular flexibility index (Phi) is 5.55. The van der Waals surface area contributed by atoms with Crippen LogP contribution in [-0.2, 0) is 14.8 Å². The first-order valence-corrected chi connectivity index (χ1v) is 10.6. The first-order chi connectivity index (χ1) is 12.7. The van der Waals surface area contributed by atoms with Gasteiger partial charge in [-0.3, -0.25) is 14.6 Å². The van der Waals surface area contributed by atoms with Gasteiger partial charge >= 0.3 is 6.03 Å². The third-order valence-electron chi connectivity index (χ3n) is 5.25. The molecule has 3 amide bonds. The molecule has 8 nitrogen and oxygen atoms in total. The molecule has 0 saturated carbocycles. The number of carbonyl (C=O) groups excluding carboxylic acids is 2.